The van der Waals surface area contributed by atoms with Gasteiger partial charge in [-0.05, 0) is 37.9 Å². The van der Waals surface area contributed by atoms with Gasteiger partial charge in [-0.3, -0.25) is 4.90 Å². The molecule has 0 aliphatic carbocycles. The number of nitrogens with one attached hydrogen (secondary N) is 2. The third-order valence-electron chi connectivity index (χ3n) is 4.11. The van der Waals surface area contributed by atoms with Crippen molar-refractivity contribution in [2.45, 2.75) is 36.2 Å². The molecule has 4 N–H and O–H groups in total. The second-order valence-corrected chi connectivity index (χ2v) is 7.00. The van der Waals surface area contributed by atoms with E-state index in [4.69, 9.17) is 5.84 Å². The van der Waals surface area contributed by atoms with Crippen LogP contribution in [0.1, 0.15) is 19.3 Å². The summed E-state index contributed by atoms with van der Waals surface area (Å²) < 4.78 is 27.5. The molecule has 2 aliphatic heterocycles. The first-order chi connectivity index (χ1) is 9.60. The number of nitrogens with zero attached hydrogens (tertiary/aromatic N) is 2. The minimum Gasteiger partial charge on any atom is -0.308 e. The smallest absolute Gasteiger partial charge is 0.242 e. The number of sulfonamides is 1. The summed E-state index contributed by atoms with van der Waals surface area (Å²) in [6.45, 7) is 2.06. The molecule has 2 unspecified atom stereocenters. The Morgan fingerprint density at radius 3 is 2.85 bits per heavy atom. The van der Waals surface area contributed by atoms with E-state index in [2.05, 4.69) is 20.0 Å². The molecule has 0 amide bonds. The maximum atomic E-state index is 12.4. The van der Waals surface area contributed by atoms with Crippen LogP contribution in [0.25, 0.3) is 0 Å². The number of hydrogen-bond donors (Lipinski definition) is 3. The fourth-order valence-electron chi connectivity index (χ4n) is 3.11. The van der Waals surface area contributed by atoms with E-state index in [1.54, 1.807) is 6.07 Å². The first kappa shape index (κ1) is 13.7. The lowest BCUT2D eigenvalue weighted by atomic mass is 10.1. The predicted octanol–water partition coefficient (Wildman–Crippen LogP) is -0.118. The minimum atomic E-state index is -3.52. The van der Waals surface area contributed by atoms with Crippen molar-refractivity contribution in [2.24, 2.45) is 5.84 Å². The van der Waals surface area contributed by atoms with E-state index in [9.17, 15) is 8.42 Å². The molecule has 2 fully saturated rings. The highest BCUT2D eigenvalue weighted by molar-refractivity contribution is 7.89. The van der Waals surface area contributed by atoms with Gasteiger partial charge in [0.2, 0.25) is 10.0 Å². The Morgan fingerprint density at radius 1 is 1.30 bits per heavy atom. The molecule has 110 valence electrons. The third-order valence-corrected chi connectivity index (χ3v) is 5.58. The van der Waals surface area contributed by atoms with Crippen LogP contribution >= 0.6 is 0 Å². The molecule has 0 aromatic carbocycles. The van der Waals surface area contributed by atoms with Crippen LogP contribution in [0.4, 0.5) is 5.82 Å². The number of aromatic nitrogens is 1. The summed E-state index contributed by atoms with van der Waals surface area (Å²) in [5.74, 6) is 5.65. The molecule has 0 bridgehead atoms. The number of anilines is 1. The highest BCUT2D eigenvalue weighted by atomic mass is 32.2. The maximum absolute atomic E-state index is 12.4. The summed E-state index contributed by atoms with van der Waals surface area (Å²) in [5.41, 5.74) is 2.38. The van der Waals surface area contributed by atoms with Crippen LogP contribution in [-0.4, -0.2) is 43.5 Å². The van der Waals surface area contributed by atoms with Gasteiger partial charge in [-0.2, -0.15) is 0 Å². The van der Waals surface area contributed by atoms with Crippen LogP contribution in [0.5, 0.6) is 0 Å². The van der Waals surface area contributed by atoms with Gasteiger partial charge >= 0.3 is 0 Å². The van der Waals surface area contributed by atoms with Crippen molar-refractivity contribution in [3.63, 3.8) is 0 Å². The molecule has 0 radical (unpaired) electrons. The van der Waals surface area contributed by atoms with E-state index < -0.39 is 10.0 Å². The average molecular weight is 297 g/mol. The number of hydrogen-bond acceptors (Lipinski definition) is 6. The molecule has 3 heterocycles. The Morgan fingerprint density at radius 2 is 2.15 bits per heavy atom. The van der Waals surface area contributed by atoms with Crippen LogP contribution in [0, 0.1) is 0 Å². The number of hydrazine groups is 1. The van der Waals surface area contributed by atoms with E-state index in [-0.39, 0.29) is 10.9 Å². The zero-order valence-electron chi connectivity index (χ0n) is 11.1. The lowest BCUT2D eigenvalue weighted by Crippen LogP contribution is -2.42. The Labute approximate surface area is 118 Å². The SMILES string of the molecule is NNc1ccc(S(=O)(=O)NC2CCN3CCCC23)cn1. The zero-order chi connectivity index (χ0) is 14.2. The summed E-state index contributed by atoms with van der Waals surface area (Å²) in [4.78, 5) is 6.48. The van der Waals surface area contributed by atoms with Gasteiger partial charge < -0.3 is 5.43 Å². The van der Waals surface area contributed by atoms with Gasteiger partial charge in [-0.15, -0.1) is 0 Å². The van der Waals surface area contributed by atoms with E-state index >= 15 is 0 Å². The van der Waals surface area contributed by atoms with Gasteiger partial charge in [-0.25, -0.2) is 24.0 Å². The number of fused-ring (bicyclic) bond motifs is 1. The van der Waals surface area contributed by atoms with Crippen molar-refractivity contribution in [2.75, 3.05) is 18.5 Å². The summed E-state index contributed by atoms with van der Waals surface area (Å²) in [5, 5.41) is 0. The second kappa shape index (κ2) is 5.28. The fraction of sp³-hybridized carbons (Fsp3) is 0.583. The lowest BCUT2D eigenvalue weighted by molar-refractivity contribution is 0.309. The normalized spacial score (nSPS) is 26.6. The van der Waals surface area contributed by atoms with Crippen molar-refractivity contribution in [1.82, 2.24) is 14.6 Å². The summed E-state index contributed by atoms with van der Waals surface area (Å²) in [6, 6.07) is 3.41. The fourth-order valence-corrected chi connectivity index (χ4v) is 4.36. The Balaban J connectivity index is 1.74. The highest BCUT2D eigenvalue weighted by Crippen LogP contribution is 2.28. The molecule has 0 saturated carbocycles. The van der Waals surface area contributed by atoms with Crippen LogP contribution in [-0.2, 0) is 10.0 Å². The molecular formula is C12H19N5O2S. The van der Waals surface area contributed by atoms with E-state index in [0.29, 0.717) is 11.9 Å². The van der Waals surface area contributed by atoms with Crippen LogP contribution in [0.2, 0.25) is 0 Å². The molecule has 20 heavy (non-hydrogen) atoms. The topological polar surface area (TPSA) is 100 Å². The highest BCUT2D eigenvalue weighted by Gasteiger charge is 2.39. The second-order valence-electron chi connectivity index (χ2n) is 5.29. The van der Waals surface area contributed by atoms with Crippen LogP contribution in [0.3, 0.4) is 0 Å². The standard InChI is InChI=1S/C12H19N5O2S/c13-15-12-4-3-9(8-14-12)20(18,19)16-10-5-7-17-6-1-2-11(10)17/h3-4,8,10-11,16H,1-2,5-7,13H2,(H,14,15). The van der Waals surface area contributed by atoms with Gasteiger partial charge in [-0.1, -0.05) is 0 Å². The number of nitrogens with two attached hydrogens (primary N) is 1. The molecule has 2 aliphatic rings. The number of pyridine rings is 1. The van der Waals surface area contributed by atoms with Crippen LogP contribution < -0.4 is 16.0 Å². The van der Waals surface area contributed by atoms with Crippen molar-refractivity contribution >= 4 is 15.8 Å². The number of nitrogen functional groups attached to an aromatic ring is 1. The van der Waals surface area contributed by atoms with E-state index in [1.807, 2.05) is 0 Å². The molecule has 2 atom stereocenters. The molecule has 3 rings (SSSR count). The Hall–Kier alpha value is -1.22. The van der Waals surface area contributed by atoms with Gasteiger partial charge in [0, 0.05) is 24.8 Å². The molecule has 1 aromatic heterocycles. The Kier molecular flexibility index (Phi) is 3.63. The minimum absolute atomic E-state index is 0.00908. The molecule has 2 saturated heterocycles. The maximum Gasteiger partial charge on any atom is 0.242 e. The summed E-state index contributed by atoms with van der Waals surface area (Å²) in [7, 11) is -3.52. The largest absolute Gasteiger partial charge is 0.308 e. The number of rotatable bonds is 4. The van der Waals surface area contributed by atoms with Gasteiger partial charge in [0.1, 0.15) is 10.7 Å². The quantitative estimate of drug-likeness (QED) is 0.529. The molecule has 0 spiro atoms. The average Bonchev–Trinajstić information content (AvgIpc) is 3.04. The first-order valence-electron chi connectivity index (χ1n) is 6.79. The first-order valence-corrected chi connectivity index (χ1v) is 8.27. The van der Waals surface area contributed by atoms with E-state index in [0.717, 1.165) is 32.4 Å². The van der Waals surface area contributed by atoms with Crippen molar-refractivity contribution in [1.29, 1.82) is 0 Å². The van der Waals surface area contributed by atoms with Crippen molar-refractivity contribution in [3.05, 3.63) is 18.3 Å². The summed E-state index contributed by atoms with van der Waals surface area (Å²) >= 11 is 0. The zero-order valence-corrected chi connectivity index (χ0v) is 11.9. The summed E-state index contributed by atoms with van der Waals surface area (Å²) in [6.07, 6.45) is 4.42. The Bertz CT molecular complexity index is 574. The van der Waals surface area contributed by atoms with E-state index in [1.165, 1.54) is 12.3 Å². The lowest BCUT2D eigenvalue weighted by Gasteiger charge is -2.21. The van der Waals surface area contributed by atoms with Crippen molar-refractivity contribution < 1.29 is 8.42 Å². The molecule has 7 nitrogen and oxygen atoms in total. The predicted molar refractivity (Wildman–Crippen MR) is 75.4 cm³/mol. The molecular weight excluding hydrogens is 278 g/mol. The monoisotopic (exact) mass is 297 g/mol. The van der Waals surface area contributed by atoms with Gasteiger partial charge in [0.25, 0.3) is 0 Å². The third kappa shape index (κ3) is 2.51. The van der Waals surface area contributed by atoms with Crippen molar-refractivity contribution in [3.8, 4) is 0 Å². The van der Waals surface area contributed by atoms with Gasteiger partial charge in [0.05, 0.1) is 0 Å². The van der Waals surface area contributed by atoms with Gasteiger partial charge in [0.15, 0.2) is 0 Å². The molecule has 8 heteroatoms. The molecule has 1 aromatic rings. The van der Waals surface area contributed by atoms with Crippen LogP contribution in [0.15, 0.2) is 23.2 Å².